The highest BCUT2D eigenvalue weighted by Crippen LogP contribution is 2.43. The number of hydrogen-bond donors (Lipinski definition) is 1. The van der Waals surface area contributed by atoms with Crippen LogP contribution in [0, 0.1) is 0 Å². The average Bonchev–Trinajstić information content (AvgIpc) is 2.28. The summed E-state index contributed by atoms with van der Waals surface area (Å²) < 4.78 is 16.1. The topological polar surface area (TPSA) is 53.7 Å². The summed E-state index contributed by atoms with van der Waals surface area (Å²) in [5.41, 5.74) is 6.94. The molecule has 0 spiro atoms. The summed E-state index contributed by atoms with van der Waals surface area (Å²) in [7, 11) is 3.25. The molecule has 1 aliphatic heterocycles. The molecule has 90 valence electrons. The summed E-state index contributed by atoms with van der Waals surface area (Å²) >= 11 is 0. The van der Waals surface area contributed by atoms with Gasteiger partial charge in [0.05, 0.1) is 26.4 Å². The van der Waals surface area contributed by atoms with Crippen LogP contribution in [-0.4, -0.2) is 20.8 Å². The maximum absolute atomic E-state index is 6.03. The minimum atomic E-state index is -0.0428. The van der Waals surface area contributed by atoms with Gasteiger partial charge in [-0.3, -0.25) is 0 Å². The van der Waals surface area contributed by atoms with Gasteiger partial charge in [0, 0.05) is 12.5 Å². The quantitative estimate of drug-likeness (QED) is 0.865. The number of ether oxygens (including phenoxy) is 3. The van der Waals surface area contributed by atoms with Gasteiger partial charge in [0.1, 0.15) is 5.75 Å². The van der Waals surface area contributed by atoms with E-state index in [1.807, 2.05) is 12.1 Å². The van der Waals surface area contributed by atoms with Gasteiger partial charge in [-0.25, -0.2) is 0 Å². The van der Waals surface area contributed by atoms with Gasteiger partial charge in [-0.05, 0) is 12.1 Å². The molecule has 5 heteroatoms. The fourth-order valence-electron chi connectivity index (χ4n) is 1.83. The van der Waals surface area contributed by atoms with E-state index in [1.165, 1.54) is 0 Å². The molecule has 0 aliphatic carbocycles. The van der Waals surface area contributed by atoms with Gasteiger partial charge in [0.15, 0.2) is 11.5 Å². The van der Waals surface area contributed by atoms with Gasteiger partial charge in [-0.15, -0.1) is 12.4 Å². The third-order valence-electron chi connectivity index (χ3n) is 2.61. The molecule has 16 heavy (non-hydrogen) atoms. The molecule has 0 bridgehead atoms. The standard InChI is InChI=1S/C11H15NO3.ClH/c1-13-8-3-4-9(14-2)11-10(8)7(12)5-6-15-11;/h3-4,7H,5-6,12H2,1-2H3;1H/t7-;/m1./s1. The zero-order chi connectivity index (χ0) is 10.8. The Morgan fingerprint density at radius 3 is 2.50 bits per heavy atom. The minimum absolute atomic E-state index is 0. The normalized spacial score (nSPS) is 17.8. The Morgan fingerprint density at radius 1 is 1.25 bits per heavy atom. The van der Waals surface area contributed by atoms with Crippen molar-refractivity contribution in [3.05, 3.63) is 17.7 Å². The molecular weight excluding hydrogens is 230 g/mol. The van der Waals surface area contributed by atoms with Crippen molar-refractivity contribution in [1.82, 2.24) is 0 Å². The van der Waals surface area contributed by atoms with E-state index in [0.717, 1.165) is 23.5 Å². The van der Waals surface area contributed by atoms with Crippen molar-refractivity contribution in [2.24, 2.45) is 5.73 Å². The van der Waals surface area contributed by atoms with Crippen LogP contribution in [0.4, 0.5) is 0 Å². The molecular formula is C11H16ClNO3. The first kappa shape index (κ1) is 12.9. The van der Waals surface area contributed by atoms with Crippen molar-refractivity contribution in [2.45, 2.75) is 12.5 Å². The lowest BCUT2D eigenvalue weighted by Gasteiger charge is -2.26. The van der Waals surface area contributed by atoms with E-state index < -0.39 is 0 Å². The summed E-state index contributed by atoms with van der Waals surface area (Å²) in [5, 5.41) is 0. The van der Waals surface area contributed by atoms with Crippen LogP contribution in [0.5, 0.6) is 17.2 Å². The SMILES string of the molecule is COc1ccc(OC)c2c1OCC[C@H]2N.Cl. The number of methoxy groups -OCH3 is 2. The molecule has 1 aliphatic rings. The highest BCUT2D eigenvalue weighted by atomic mass is 35.5. The van der Waals surface area contributed by atoms with Crippen molar-refractivity contribution in [2.75, 3.05) is 20.8 Å². The van der Waals surface area contributed by atoms with Crippen LogP contribution < -0.4 is 19.9 Å². The average molecular weight is 246 g/mol. The number of hydrogen-bond acceptors (Lipinski definition) is 4. The van der Waals surface area contributed by atoms with Gasteiger partial charge in [0.2, 0.25) is 0 Å². The number of halogens is 1. The van der Waals surface area contributed by atoms with E-state index in [0.29, 0.717) is 12.4 Å². The van der Waals surface area contributed by atoms with Crippen LogP contribution in [-0.2, 0) is 0 Å². The summed E-state index contributed by atoms with van der Waals surface area (Å²) in [6.07, 6.45) is 0.802. The zero-order valence-electron chi connectivity index (χ0n) is 9.36. The van der Waals surface area contributed by atoms with Gasteiger partial charge >= 0.3 is 0 Å². The molecule has 0 aromatic heterocycles. The summed E-state index contributed by atoms with van der Waals surface area (Å²) in [4.78, 5) is 0. The molecule has 0 radical (unpaired) electrons. The predicted octanol–water partition coefficient (Wildman–Crippen LogP) is 1.91. The highest BCUT2D eigenvalue weighted by molar-refractivity contribution is 5.85. The maximum atomic E-state index is 6.03. The molecule has 0 fully saturated rings. The zero-order valence-corrected chi connectivity index (χ0v) is 10.2. The van der Waals surface area contributed by atoms with Crippen LogP contribution in [0.2, 0.25) is 0 Å². The third-order valence-corrected chi connectivity index (χ3v) is 2.61. The van der Waals surface area contributed by atoms with Crippen molar-refractivity contribution in [1.29, 1.82) is 0 Å². The van der Waals surface area contributed by atoms with Crippen LogP contribution in [0.25, 0.3) is 0 Å². The summed E-state index contributed by atoms with van der Waals surface area (Å²) in [6.45, 7) is 0.623. The maximum Gasteiger partial charge on any atom is 0.169 e. The Balaban J connectivity index is 0.00000128. The van der Waals surface area contributed by atoms with E-state index in [9.17, 15) is 0 Å². The molecule has 0 saturated carbocycles. The summed E-state index contributed by atoms with van der Waals surface area (Å²) in [6, 6.07) is 3.64. The van der Waals surface area contributed by atoms with Crippen LogP contribution in [0.1, 0.15) is 18.0 Å². The first-order valence-electron chi connectivity index (χ1n) is 4.91. The molecule has 1 aromatic carbocycles. The molecule has 0 unspecified atom stereocenters. The van der Waals surface area contributed by atoms with Crippen molar-refractivity contribution >= 4 is 12.4 Å². The first-order valence-corrected chi connectivity index (χ1v) is 4.91. The molecule has 2 rings (SSSR count). The number of rotatable bonds is 2. The highest BCUT2D eigenvalue weighted by Gasteiger charge is 2.25. The molecule has 1 aromatic rings. The Bertz CT molecular complexity index is 370. The number of nitrogens with two attached hydrogens (primary N) is 1. The van der Waals surface area contributed by atoms with E-state index in [-0.39, 0.29) is 18.4 Å². The number of fused-ring (bicyclic) bond motifs is 1. The fraction of sp³-hybridized carbons (Fsp3) is 0.455. The van der Waals surface area contributed by atoms with E-state index in [1.54, 1.807) is 14.2 Å². The lowest BCUT2D eigenvalue weighted by Crippen LogP contribution is -2.21. The second-order valence-corrected chi connectivity index (χ2v) is 3.46. The van der Waals surface area contributed by atoms with E-state index >= 15 is 0 Å². The van der Waals surface area contributed by atoms with Crippen LogP contribution >= 0.6 is 12.4 Å². The minimum Gasteiger partial charge on any atom is -0.496 e. The second kappa shape index (κ2) is 5.27. The van der Waals surface area contributed by atoms with Crippen LogP contribution in [0.15, 0.2) is 12.1 Å². The Hall–Kier alpha value is -1.13. The number of benzene rings is 1. The van der Waals surface area contributed by atoms with Gasteiger partial charge in [-0.2, -0.15) is 0 Å². The van der Waals surface area contributed by atoms with Gasteiger partial charge < -0.3 is 19.9 Å². The van der Waals surface area contributed by atoms with Crippen LogP contribution in [0.3, 0.4) is 0 Å². The molecule has 0 saturated heterocycles. The molecule has 0 amide bonds. The van der Waals surface area contributed by atoms with Crippen molar-refractivity contribution in [3.8, 4) is 17.2 Å². The van der Waals surface area contributed by atoms with Crippen molar-refractivity contribution < 1.29 is 14.2 Å². The molecule has 2 N–H and O–H groups in total. The largest absolute Gasteiger partial charge is 0.496 e. The molecule has 4 nitrogen and oxygen atoms in total. The van der Waals surface area contributed by atoms with E-state index in [2.05, 4.69) is 0 Å². The third kappa shape index (κ3) is 2.03. The van der Waals surface area contributed by atoms with Gasteiger partial charge in [-0.1, -0.05) is 0 Å². The lowest BCUT2D eigenvalue weighted by atomic mass is 10.00. The monoisotopic (exact) mass is 245 g/mol. The first-order chi connectivity index (χ1) is 7.27. The second-order valence-electron chi connectivity index (χ2n) is 3.46. The van der Waals surface area contributed by atoms with Gasteiger partial charge in [0.25, 0.3) is 0 Å². The molecule has 1 heterocycles. The Morgan fingerprint density at radius 2 is 1.88 bits per heavy atom. The van der Waals surface area contributed by atoms with E-state index in [4.69, 9.17) is 19.9 Å². The Labute approximate surface area is 101 Å². The smallest absolute Gasteiger partial charge is 0.169 e. The summed E-state index contributed by atoms with van der Waals surface area (Å²) in [5.74, 6) is 2.19. The molecule has 1 atom stereocenters. The predicted molar refractivity (Wildman–Crippen MR) is 63.8 cm³/mol. The van der Waals surface area contributed by atoms with Crippen molar-refractivity contribution in [3.63, 3.8) is 0 Å². The fourth-order valence-corrected chi connectivity index (χ4v) is 1.83. The lowest BCUT2D eigenvalue weighted by molar-refractivity contribution is 0.247. The Kier molecular flexibility index (Phi) is 4.26.